The van der Waals surface area contributed by atoms with Crippen molar-refractivity contribution in [2.24, 2.45) is 17.3 Å². The number of piperidine rings is 1. The minimum Gasteiger partial charge on any atom is -0.493 e. The third kappa shape index (κ3) is 2.21. The number of aliphatic hydroxyl groups is 1. The first kappa shape index (κ1) is 20.8. The van der Waals surface area contributed by atoms with Crippen LogP contribution in [0.2, 0.25) is 0 Å². The van der Waals surface area contributed by atoms with E-state index in [-0.39, 0.29) is 22.9 Å². The quantitative estimate of drug-likeness (QED) is 0.666. The summed E-state index contributed by atoms with van der Waals surface area (Å²) in [6, 6.07) is 4.82. The van der Waals surface area contributed by atoms with Gasteiger partial charge in [0.2, 0.25) is 0 Å². The molecule has 5 heteroatoms. The van der Waals surface area contributed by atoms with Crippen LogP contribution in [-0.4, -0.2) is 60.7 Å². The summed E-state index contributed by atoms with van der Waals surface area (Å²) in [5.74, 6) is 2.60. The van der Waals surface area contributed by atoms with Crippen LogP contribution in [0.5, 0.6) is 11.5 Å². The van der Waals surface area contributed by atoms with Gasteiger partial charge >= 0.3 is 0 Å². The molecule has 33 heavy (non-hydrogen) atoms. The van der Waals surface area contributed by atoms with Crippen molar-refractivity contribution < 1.29 is 19.3 Å². The van der Waals surface area contributed by atoms with Crippen LogP contribution in [0.4, 0.5) is 0 Å². The van der Waals surface area contributed by atoms with Gasteiger partial charge in [0.25, 0.3) is 0 Å². The average molecular weight is 452 g/mol. The normalized spacial score (nSPS) is 43.7. The Hall–Kier alpha value is -1.56. The smallest absolute Gasteiger partial charge is 0.166 e. The van der Waals surface area contributed by atoms with Gasteiger partial charge in [0.05, 0.1) is 18.1 Å². The molecule has 1 N–H and O–H groups in total. The molecule has 1 unspecified atom stereocenters. The first-order valence-corrected chi connectivity index (χ1v) is 13.0. The Morgan fingerprint density at radius 3 is 2.76 bits per heavy atom. The van der Waals surface area contributed by atoms with E-state index in [1.807, 2.05) is 14.0 Å². The Morgan fingerprint density at radius 2 is 2.06 bits per heavy atom. The van der Waals surface area contributed by atoms with E-state index in [1.54, 1.807) is 7.11 Å². The number of rotatable bonds is 6. The topological polar surface area (TPSA) is 51.2 Å². The molecule has 7 aliphatic rings. The summed E-state index contributed by atoms with van der Waals surface area (Å²) in [5, 5.41) is 11.7. The van der Waals surface area contributed by atoms with Gasteiger partial charge in [-0.3, -0.25) is 4.90 Å². The molecule has 1 aromatic rings. The van der Waals surface area contributed by atoms with Crippen LogP contribution >= 0.6 is 0 Å². The van der Waals surface area contributed by atoms with Crippen LogP contribution in [0, 0.1) is 17.3 Å². The van der Waals surface area contributed by atoms with E-state index in [2.05, 4.69) is 36.1 Å². The first-order valence-electron chi connectivity index (χ1n) is 13.0. The number of hydrogen-bond donors (Lipinski definition) is 1. The zero-order valence-electron chi connectivity index (χ0n) is 20.4. The van der Waals surface area contributed by atoms with E-state index < -0.39 is 11.2 Å². The molecule has 1 saturated heterocycles. The molecule has 4 bridgehead atoms. The molecule has 2 aliphatic heterocycles. The van der Waals surface area contributed by atoms with Crippen molar-refractivity contribution in [3.63, 3.8) is 0 Å². The third-order valence-electron chi connectivity index (χ3n) is 10.8. The second kappa shape index (κ2) is 6.35. The highest BCUT2D eigenvalue weighted by Gasteiger charge is 2.80. The molecule has 0 radical (unpaired) electrons. The maximum absolute atomic E-state index is 11.7. The van der Waals surface area contributed by atoms with Crippen molar-refractivity contribution in [1.29, 1.82) is 0 Å². The van der Waals surface area contributed by atoms with Crippen molar-refractivity contribution in [2.45, 2.75) is 81.1 Å². The fourth-order valence-electron chi connectivity index (χ4n) is 8.88. The summed E-state index contributed by atoms with van der Waals surface area (Å²) in [7, 11) is 3.55. The Balaban J connectivity index is 1.50. The molecule has 0 amide bonds. The summed E-state index contributed by atoms with van der Waals surface area (Å²) in [6.07, 6.45) is 11.2. The van der Waals surface area contributed by atoms with E-state index >= 15 is 0 Å². The van der Waals surface area contributed by atoms with Crippen LogP contribution < -0.4 is 9.47 Å². The lowest BCUT2D eigenvalue weighted by molar-refractivity contribution is -0.248. The number of nitrogens with zero attached hydrogens (tertiary/aromatic N) is 1. The van der Waals surface area contributed by atoms with E-state index in [0.29, 0.717) is 12.5 Å². The predicted molar refractivity (Wildman–Crippen MR) is 126 cm³/mol. The van der Waals surface area contributed by atoms with Gasteiger partial charge in [-0.2, -0.15) is 0 Å². The Morgan fingerprint density at radius 1 is 1.24 bits per heavy atom. The van der Waals surface area contributed by atoms with Crippen molar-refractivity contribution in [3.8, 4) is 11.5 Å². The van der Waals surface area contributed by atoms with Gasteiger partial charge in [0.15, 0.2) is 11.5 Å². The maximum Gasteiger partial charge on any atom is 0.166 e. The van der Waals surface area contributed by atoms with Gasteiger partial charge in [-0.15, -0.1) is 0 Å². The predicted octanol–water partition coefficient (Wildman–Crippen LogP) is 3.86. The molecule has 8 rings (SSSR count). The summed E-state index contributed by atoms with van der Waals surface area (Å²) < 4.78 is 19.3. The second-order valence-corrected chi connectivity index (χ2v) is 11.9. The first-order chi connectivity index (χ1) is 15.9. The van der Waals surface area contributed by atoms with Crippen molar-refractivity contribution in [1.82, 2.24) is 4.90 Å². The molecule has 2 spiro atoms. The monoisotopic (exact) mass is 451 g/mol. The Bertz CT molecular complexity index is 1050. The van der Waals surface area contributed by atoms with Crippen molar-refractivity contribution >= 4 is 0 Å². The number of likely N-dealkylation sites (tertiary alicyclic amines) is 1. The van der Waals surface area contributed by atoms with Crippen LogP contribution in [0.1, 0.15) is 57.1 Å². The lowest BCUT2D eigenvalue weighted by Crippen LogP contribution is -2.80. The van der Waals surface area contributed by atoms with E-state index in [0.717, 1.165) is 43.2 Å². The molecule has 3 fully saturated rings. The summed E-state index contributed by atoms with van der Waals surface area (Å²) in [6.45, 7) is 6.42. The van der Waals surface area contributed by atoms with Crippen molar-refractivity contribution in [3.05, 3.63) is 35.4 Å². The van der Waals surface area contributed by atoms with E-state index in [4.69, 9.17) is 14.2 Å². The van der Waals surface area contributed by atoms with E-state index in [1.165, 1.54) is 30.5 Å². The number of ether oxygens (including phenoxy) is 3. The standard InChI is InChI=1S/C28H37NO4/c1-5-25(2,30)20-15-26-10-11-28(20,32-4)24-27(26)12-13-29(16-17-6-7-17)21(26)14-18-8-9-19(31-3)23(33-24)22(18)27/h8-11,17,20-21,24,30H,5-7,12-16H2,1-4H3/t20-,21-,24-,25?,26-,27+,28-/m1/s1. The second-order valence-electron chi connectivity index (χ2n) is 11.9. The lowest BCUT2D eigenvalue weighted by atomic mass is 9.36. The zero-order chi connectivity index (χ0) is 22.8. The number of fused-ring (bicyclic) bond motifs is 1. The van der Waals surface area contributed by atoms with Gasteiger partial charge in [-0.05, 0) is 69.5 Å². The van der Waals surface area contributed by atoms with Crippen LogP contribution in [-0.2, 0) is 16.6 Å². The zero-order valence-corrected chi connectivity index (χ0v) is 20.4. The highest BCUT2D eigenvalue weighted by atomic mass is 16.6. The Kier molecular flexibility index (Phi) is 4.00. The maximum atomic E-state index is 11.7. The fraction of sp³-hybridized carbons (Fsp3) is 0.714. The van der Waals surface area contributed by atoms with Crippen LogP contribution in [0.25, 0.3) is 0 Å². The summed E-state index contributed by atoms with van der Waals surface area (Å²) >= 11 is 0. The van der Waals surface area contributed by atoms with Gasteiger partial charge < -0.3 is 19.3 Å². The molecule has 0 aromatic heterocycles. The molecule has 2 heterocycles. The van der Waals surface area contributed by atoms with E-state index in [9.17, 15) is 5.11 Å². The van der Waals surface area contributed by atoms with Gasteiger partial charge in [-0.25, -0.2) is 0 Å². The van der Waals surface area contributed by atoms with Crippen LogP contribution in [0.3, 0.4) is 0 Å². The highest BCUT2D eigenvalue weighted by Crippen LogP contribution is 2.75. The molecule has 178 valence electrons. The number of benzene rings is 1. The van der Waals surface area contributed by atoms with Gasteiger partial charge in [0.1, 0.15) is 11.7 Å². The molecule has 1 aromatic carbocycles. The molecule has 5 nitrogen and oxygen atoms in total. The summed E-state index contributed by atoms with van der Waals surface area (Å²) in [4.78, 5) is 2.80. The van der Waals surface area contributed by atoms with Gasteiger partial charge in [0, 0.05) is 36.6 Å². The average Bonchev–Trinajstić information content (AvgIpc) is 3.57. The molecule has 5 aliphatic carbocycles. The minimum absolute atomic E-state index is 0.0200. The van der Waals surface area contributed by atoms with Gasteiger partial charge in [-0.1, -0.05) is 25.1 Å². The molecule has 2 saturated carbocycles. The molecular weight excluding hydrogens is 414 g/mol. The SMILES string of the molecule is CCC(C)(O)[C@H]1C[C@@]23C=C[C@]1(OC)[C@@H]1Oc4c(OC)ccc5c4[C@@]12CCN(CC1CC1)[C@@H]3C5. The lowest BCUT2D eigenvalue weighted by Gasteiger charge is -2.72. The number of hydrogen-bond acceptors (Lipinski definition) is 5. The summed E-state index contributed by atoms with van der Waals surface area (Å²) in [5.41, 5.74) is 1.15. The third-order valence-corrected chi connectivity index (χ3v) is 10.8. The fourth-order valence-corrected chi connectivity index (χ4v) is 8.88. The number of methoxy groups -OCH3 is 2. The minimum atomic E-state index is -0.826. The molecule has 7 atom stereocenters. The molecular formula is C28H37NO4. The Labute approximate surface area is 197 Å². The largest absolute Gasteiger partial charge is 0.493 e. The van der Waals surface area contributed by atoms with Crippen LogP contribution in [0.15, 0.2) is 24.3 Å². The van der Waals surface area contributed by atoms with Crippen molar-refractivity contribution in [2.75, 3.05) is 27.3 Å². The highest BCUT2D eigenvalue weighted by molar-refractivity contribution is 5.65.